The first-order chi connectivity index (χ1) is 11.0. The molecule has 0 radical (unpaired) electrons. The summed E-state index contributed by atoms with van der Waals surface area (Å²) >= 11 is 0. The molecule has 1 aliphatic rings. The average Bonchev–Trinajstić information content (AvgIpc) is 2.92. The van der Waals surface area contributed by atoms with E-state index in [-0.39, 0.29) is 23.8 Å². The van der Waals surface area contributed by atoms with Crippen molar-refractivity contribution in [1.82, 2.24) is 15.5 Å². The van der Waals surface area contributed by atoms with Gasteiger partial charge in [-0.1, -0.05) is 49.2 Å². The molecule has 1 unspecified atom stereocenters. The van der Waals surface area contributed by atoms with Gasteiger partial charge in [0.2, 0.25) is 17.6 Å². The van der Waals surface area contributed by atoms with Crippen molar-refractivity contribution in [2.24, 2.45) is 11.8 Å². The van der Waals surface area contributed by atoms with E-state index in [9.17, 15) is 4.79 Å². The van der Waals surface area contributed by atoms with E-state index < -0.39 is 0 Å². The lowest BCUT2D eigenvalue weighted by molar-refractivity contribution is -0.128. The molecule has 1 N–H and O–H groups in total. The summed E-state index contributed by atoms with van der Waals surface area (Å²) in [5.41, 5.74) is 2.07. The van der Waals surface area contributed by atoms with Gasteiger partial charge in [0, 0.05) is 11.5 Å². The van der Waals surface area contributed by atoms with Crippen molar-refractivity contribution >= 4 is 5.91 Å². The average molecular weight is 313 g/mol. The Morgan fingerprint density at radius 1 is 1.35 bits per heavy atom. The normalized spacial score (nSPS) is 16.2. The van der Waals surface area contributed by atoms with Gasteiger partial charge in [0.25, 0.3) is 0 Å². The Morgan fingerprint density at radius 2 is 2.13 bits per heavy atom. The van der Waals surface area contributed by atoms with Crippen LogP contribution in [0.4, 0.5) is 0 Å². The number of nitrogens with one attached hydrogen (secondary N) is 1. The van der Waals surface area contributed by atoms with Gasteiger partial charge in [0.15, 0.2) is 0 Å². The minimum atomic E-state index is -0.242. The molecule has 1 amide bonds. The lowest BCUT2D eigenvalue weighted by Crippen LogP contribution is -2.38. The fourth-order valence-electron chi connectivity index (χ4n) is 2.72. The highest BCUT2D eigenvalue weighted by Crippen LogP contribution is 2.29. The van der Waals surface area contributed by atoms with Gasteiger partial charge in [-0.05, 0) is 31.7 Å². The Morgan fingerprint density at radius 3 is 2.74 bits per heavy atom. The van der Waals surface area contributed by atoms with Gasteiger partial charge < -0.3 is 9.84 Å². The zero-order valence-electron chi connectivity index (χ0n) is 13.9. The van der Waals surface area contributed by atoms with E-state index in [0.29, 0.717) is 11.7 Å². The minimum absolute atomic E-state index is 0.102. The number of rotatable bonds is 5. The van der Waals surface area contributed by atoms with Gasteiger partial charge in [-0.3, -0.25) is 4.79 Å². The van der Waals surface area contributed by atoms with Crippen LogP contribution in [0.25, 0.3) is 11.4 Å². The predicted molar refractivity (Wildman–Crippen MR) is 87.5 cm³/mol. The maximum Gasteiger partial charge on any atom is 0.249 e. The number of carbonyl (C=O) groups excluding carboxylic acids is 1. The molecular weight excluding hydrogens is 290 g/mol. The number of hydrogen-bond acceptors (Lipinski definition) is 4. The molecule has 1 fully saturated rings. The quantitative estimate of drug-likeness (QED) is 0.914. The largest absolute Gasteiger partial charge is 0.344 e. The number of aryl methyl sites for hydroxylation is 1. The molecular formula is C18H23N3O2. The lowest BCUT2D eigenvalue weighted by Gasteiger charge is -2.27. The summed E-state index contributed by atoms with van der Waals surface area (Å²) in [6, 6.07) is 7.73. The van der Waals surface area contributed by atoms with Gasteiger partial charge in [-0.15, -0.1) is 0 Å². The molecule has 2 aromatic rings. The van der Waals surface area contributed by atoms with E-state index in [2.05, 4.69) is 15.5 Å². The molecule has 0 aliphatic heterocycles. The molecule has 0 saturated heterocycles. The van der Waals surface area contributed by atoms with Crippen molar-refractivity contribution < 1.29 is 9.32 Å². The predicted octanol–water partition coefficient (Wildman–Crippen LogP) is 3.66. The summed E-state index contributed by atoms with van der Waals surface area (Å²) in [6.45, 7) is 6.12. The minimum Gasteiger partial charge on any atom is -0.344 e. The van der Waals surface area contributed by atoms with Crippen molar-refractivity contribution in [1.29, 1.82) is 0 Å². The van der Waals surface area contributed by atoms with Crippen LogP contribution < -0.4 is 5.32 Å². The summed E-state index contributed by atoms with van der Waals surface area (Å²) in [7, 11) is 0. The summed E-state index contributed by atoms with van der Waals surface area (Å²) in [6.07, 6.45) is 3.10. The Balaban J connectivity index is 1.79. The number of carbonyl (C=O) groups is 1. The molecule has 1 aromatic carbocycles. The Bertz CT molecular complexity index is 689. The fourth-order valence-corrected chi connectivity index (χ4v) is 2.72. The van der Waals surface area contributed by atoms with Crippen LogP contribution in [-0.2, 0) is 4.79 Å². The van der Waals surface area contributed by atoms with Gasteiger partial charge in [0.05, 0.1) is 0 Å². The van der Waals surface area contributed by atoms with Crippen LogP contribution in [0.15, 0.2) is 28.8 Å². The Kier molecular flexibility index (Phi) is 4.46. The van der Waals surface area contributed by atoms with Crippen LogP contribution in [0.5, 0.6) is 0 Å². The number of hydrogen-bond donors (Lipinski definition) is 1. The van der Waals surface area contributed by atoms with Gasteiger partial charge in [-0.2, -0.15) is 4.98 Å². The molecule has 3 rings (SSSR count). The van der Waals surface area contributed by atoms with Gasteiger partial charge in [-0.25, -0.2) is 0 Å². The zero-order chi connectivity index (χ0) is 16.4. The standard InChI is InChI=1S/C18H23N3O2/c1-11(2)15(19-17(22)13-7-5-8-13)18-20-16(21-23-18)14-9-4-6-12(3)10-14/h4,6,9-11,13,15H,5,7-8H2,1-3H3,(H,19,22). The van der Waals surface area contributed by atoms with E-state index in [1.807, 2.05) is 45.0 Å². The second-order valence-electron chi connectivity index (χ2n) is 6.68. The van der Waals surface area contributed by atoms with Crippen molar-refractivity contribution in [3.8, 4) is 11.4 Å². The third-order valence-corrected chi connectivity index (χ3v) is 4.42. The SMILES string of the molecule is Cc1cccc(-c2noc(C(NC(=O)C3CCC3)C(C)C)n2)c1. The highest BCUT2D eigenvalue weighted by atomic mass is 16.5. The zero-order valence-corrected chi connectivity index (χ0v) is 13.9. The third-order valence-electron chi connectivity index (χ3n) is 4.42. The van der Waals surface area contributed by atoms with E-state index in [0.717, 1.165) is 30.4 Å². The van der Waals surface area contributed by atoms with E-state index in [1.54, 1.807) is 0 Å². The second kappa shape index (κ2) is 6.52. The summed E-state index contributed by atoms with van der Waals surface area (Å²) in [4.78, 5) is 16.7. The van der Waals surface area contributed by atoms with Crippen LogP contribution in [0, 0.1) is 18.8 Å². The monoisotopic (exact) mass is 313 g/mol. The molecule has 5 nitrogen and oxygen atoms in total. The van der Waals surface area contributed by atoms with Crippen molar-refractivity contribution in [3.63, 3.8) is 0 Å². The number of amides is 1. The Hall–Kier alpha value is -2.17. The van der Waals surface area contributed by atoms with Crippen molar-refractivity contribution in [2.45, 2.75) is 46.1 Å². The first-order valence-corrected chi connectivity index (χ1v) is 8.25. The molecule has 0 bridgehead atoms. The fraction of sp³-hybridized carbons (Fsp3) is 0.500. The summed E-state index contributed by atoms with van der Waals surface area (Å²) < 4.78 is 5.44. The highest BCUT2D eigenvalue weighted by molar-refractivity contribution is 5.79. The van der Waals surface area contributed by atoms with E-state index >= 15 is 0 Å². The summed E-state index contributed by atoms with van der Waals surface area (Å²) in [5.74, 6) is 1.47. The maximum atomic E-state index is 12.2. The highest BCUT2D eigenvalue weighted by Gasteiger charge is 2.30. The van der Waals surface area contributed by atoms with Crippen LogP contribution in [0.3, 0.4) is 0 Å². The number of nitrogens with zero attached hydrogens (tertiary/aromatic N) is 2. The smallest absolute Gasteiger partial charge is 0.249 e. The molecule has 122 valence electrons. The van der Waals surface area contributed by atoms with Crippen molar-refractivity contribution in [3.05, 3.63) is 35.7 Å². The first kappa shape index (κ1) is 15.7. The Labute approximate surface area is 136 Å². The van der Waals surface area contributed by atoms with Crippen LogP contribution in [0.1, 0.15) is 50.6 Å². The number of benzene rings is 1. The third kappa shape index (κ3) is 3.44. The lowest BCUT2D eigenvalue weighted by atomic mass is 9.84. The van der Waals surface area contributed by atoms with Crippen LogP contribution in [0.2, 0.25) is 0 Å². The second-order valence-corrected chi connectivity index (χ2v) is 6.68. The van der Waals surface area contributed by atoms with Gasteiger partial charge >= 0.3 is 0 Å². The molecule has 23 heavy (non-hydrogen) atoms. The van der Waals surface area contributed by atoms with E-state index in [1.165, 1.54) is 0 Å². The van der Waals surface area contributed by atoms with E-state index in [4.69, 9.17) is 4.52 Å². The van der Waals surface area contributed by atoms with Gasteiger partial charge in [0.1, 0.15) is 6.04 Å². The molecule has 5 heteroatoms. The number of aromatic nitrogens is 2. The molecule has 1 aromatic heterocycles. The topological polar surface area (TPSA) is 68.0 Å². The molecule has 1 aliphatic carbocycles. The summed E-state index contributed by atoms with van der Waals surface area (Å²) in [5, 5.41) is 7.16. The van der Waals surface area contributed by atoms with Crippen LogP contribution >= 0.6 is 0 Å². The molecule has 0 spiro atoms. The molecule has 1 atom stereocenters. The first-order valence-electron chi connectivity index (χ1n) is 8.25. The van der Waals surface area contributed by atoms with Crippen LogP contribution in [-0.4, -0.2) is 16.0 Å². The van der Waals surface area contributed by atoms with Crippen molar-refractivity contribution in [2.75, 3.05) is 0 Å². The molecule has 1 saturated carbocycles. The maximum absolute atomic E-state index is 12.2. The molecule has 1 heterocycles.